The number of nitrogens with zero attached hydrogens (tertiary/aromatic N) is 2. The van der Waals surface area contributed by atoms with Gasteiger partial charge in [0.25, 0.3) is 0 Å². The molecule has 4 nitrogen and oxygen atoms in total. The molecule has 0 aliphatic carbocycles. The van der Waals surface area contributed by atoms with E-state index in [-0.39, 0.29) is 23.6 Å². The summed E-state index contributed by atoms with van der Waals surface area (Å²) in [5.74, 6) is 0.301. The first-order valence-corrected chi connectivity index (χ1v) is 12.2. The number of hydrogen-bond donors (Lipinski definition) is 2. The van der Waals surface area contributed by atoms with Gasteiger partial charge < -0.3 is 10.2 Å². The van der Waals surface area contributed by atoms with Crippen LogP contribution in [0.1, 0.15) is 34.3 Å². The van der Waals surface area contributed by atoms with Gasteiger partial charge in [0.1, 0.15) is 23.6 Å². The number of rotatable bonds is 7. The Morgan fingerprint density at radius 1 is 0.559 bits per heavy atom. The number of aromatic hydroxyl groups is 2. The molecule has 34 heavy (non-hydrogen) atoms. The lowest BCUT2D eigenvalue weighted by molar-refractivity contribution is 0.473. The van der Waals surface area contributed by atoms with E-state index in [2.05, 4.69) is 31.9 Å². The maximum absolute atomic E-state index is 10.3. The molecule has 4 aromatic carbocycles. The summed E-state index contributed by atoms with van der Waals surface area (Å²) in [7, 11) is 0. The van der Waals surface area contributed by atoms with Crippen molar-refractivity contribution < 1.29 is 10.2 Å². The van der Waals surface area contributed by atoms with E-state index in [1.54, 1.807) is 36.7 Å². The van der Waals surface area contributed by atoms with Crippen LogP contribution >= 0.6 is 31.9 Å². The van der Waals surface area contributed by atoms with Crippen molar-refractivity contribution in [3.8, 4) is 11.5 Å². The lowest BCUT2D eigenvalue weighted by atomic mass is 9.94. The van der Waals surface area contributed by atoms with Crippen LogP contribution in [0.25, 0.3) is 0 Å². The quantitative estimate of drug-likeness (QED) is 0.222. The second-order valence-electron chi connectivity index (χ2n) is 7.67. The van der Waals surface area contributed by atoms with Crippen LogP contribution in [0.4, 0.5) is 0 Å². The molecule has 0 unspecified atom stereocenters. The number of phenolic OH excluding ortho intramolecular Hbond substituents is 2. The molecule has 4 aromatic rings. The summed E-state index contributed by atoms with van der Waals surface area (Å²) in [5, 5.41) is 20.6. The largest absolute Gasteiger partial charge is 0.507 e. The Morgan fingerprint density at radius 3 is 1.32 bits per heavy atom. The van der Waals surface area contributed by atoms with Gasteiger partial charge in [-0.3, -0.25) is 9.98 Å². The number of halogens is 2. The number of aliphatic imine (C=N–C) groups is 2. The van der Waals surface area contributed by atoms with Crippen LogP contribution < -0.4 is 0 Å². The zero-order valence-corrected chi connectivity index (χ0v) is 21.3. The topological polar surface area (TPSA) is 65.2 Å². The van der Waals surface area contributed by atoms with Crippen LogP contribution in [0.2, 0.25) is 0 Å². The van der Waals surface area contributed by atoms with Gasteiger partial charge in [-0.1, -0.05) is 92.5 Å². The molecule has 170 valence electrons. The molecular weight excluding hydrogens is 556 g/mol. The van der Waals surface area contributed by atoms with E-state index in [0.29, 0.717) is 11.1 Å². The minimum absolute atomic E-state index is 0.151. The second-order valence-corrected chi connectivity index (χ2v) is 9.51. The summed E-state index contributed by atoms with van der Waals surface area (Å²) in [6.07, 6.45) is 3.36. The molecular formula is C28H22Br2N2O2. The Bertz CT molecular complexity index is 1210. The Kier molecular flexibility index (Phi) is 7.93. The molecule has 4 rings (SSSR count). The first kappa shape index (κ1) is 23.9. The summed E-state index contributed by atoms with van der Waals surface area (Å²) < 4.78 is 1.71. The van der Waals surface area contributed by atoms with Crippen molar-refractivity contribution in [1.29, 1.82) is 0 Å². The van der Waals surface area contributed by atoms with Gasteiger partial charge >= 0.3 is 0 Å². The molecule has 0 bridgehead atoms. The highest BCUT2D eigenvalue weighted by Crippen LogP contribution is 2.36. The van der Waals surface area contributed by atoms with E-state index in [1.165, 1.54) is 0 Å². The molecule has 0 amide bonds. The molecule has 0 aliphatic rings. The average molecular weight is 578 g/mol. The molecule has 0 spiro atoms. The average Bonchev–Trinajstić information content (AvgIpc) is 2.86. The molecule has 0 heterocycles. The first-order chi connectivity index (χ1) is 16.5. The van der Waals surface area contributed by atoms with Crippen LogP contribution in [0.3, 0.4) is 0 Å². The van der Waals surface area contributed by atoms with Gasteiger partial charge in [-0.05, 0) is 47.5 Å². The normalized spacial score (nSPS) is 13.4. The van der Waals surface area contributed by atoms with E-state index in [9.17, 15) is 10.2 Å². The standard InChI is InChI=1S/C28H22Br2N2O2/c29-23-11-13-25(33)21(15-23)17-31-27(19-7-3-1-4-8-19)28(20-9-5-2-6-10-20)32-18-22-16-24(30)12-14-26(22)34/h1-18,27-28,33-34H/b31-17+,32-18?/t27-,28+/m1/s1. The van der Waals surface area contributed by atoms with Crippen LogP contribution in [-0.2, 0) is 0 Å². The summed E-state index contributed by atoms with van der Waals surface area (Å²) in [6, 6.07) is 29.6. The van der Waals surface area contributed by atoms with Gasteiger partial charge in [0.2, 0.25) is 0 Å². The maximum atomic E-state index is 10.3. The Morgan fingerprint density at radius 2 is 0.941 bits per heavy atom. The molecule has 0 saturated carbocycles. The van der Waals surface area contributed by atoms with Crippen molar-refractivity contribution in [2.75, 3.05) is 0 Å². The minimum Gasteiger partial charge on any atom is -0.507 e. The zero-order valence-electron chi connectivity index (χ0n) is 18.1. The van der Waals surface area contributed by atoms with Gasteiger partial charge in [0, 0.05) is 32.5 Å². The predicted molar refractivity (Wildman–Crippen MR) is 145 cm³/mol. The molecule has 0 aliphatic heterocycles. The van der Waals surface area contributed by atoms with Crippen molar-refractivity contribution in [2.24, 2.45) is 9.98 Å². The third kappa shape index (κ3) is 6.01. The van der Waals surface area contributed by atoms with Crippen LogP contribution in [0.5, 0.6) is 11.5 Å². The minimum atomic E-state index is -0.368. The SMILES string of the molecule is Oc1ccc(Br)cc1C=N[C@@H](c1ccccc1)[C@H](/N=C/c1cc(Br)ccc1O)c1ccccc1. The molecule has 2 N–H and O–H groups in total. The Hall–Kier alpha value is -3.22. The molecule has 0 radical (unpaired) electrons. The summed E-state index contributed by atoms with van der Waals surface area (Å²) >= 11 is 6.91. The van der Waals surface area contributed by atoms with Crippen molar-refractivity contribution in [1.82, 2.24) is 0 Å². The fraction of sp³-hybridized carbons (Fsp3) is 0.0714. The summed E-state index contributed by atoms with van der Waals surface area (Å²) in [5.41, 5.74) is 3.18. The Labute approximate surface area is 215 Å². The number of phenols is 2. The van der Waals surface area contributed by atoms with Crippen molar-refractivity contribution in [3.05, 3.63) is 128 Å². The van der Waals surface area contributed by atoms with Crippen molar-refractivity contribution in [2.45, 2.75) is 12.1 Å². The molecule has 0 saturated heterocycles. The van der Waals surface area contributed by atoms with Gasteiger partial charge in [0.05, 0.1) is 0 Å². The Balaban J connectivity index is 1.81. The zero-order chi connectivity index (χ0) is 23.9. The highest BCUT2D eigenvalue weighted by atomic mass is 79.9. The molecule has 2 atom stereocenters. The van der Waals surface area contributed by atoms with Crippen molar-refractivity contribution in [3.63, 3.8) is 0 Å². The summed E-state index contributed by atoms with van der Waals surface area (Å²) in [6.45, 7) is 0. The maximum Gasteiger partial charge on any atom is 0.124 e. The third-order valence-electron chi connectivity index (χ3n) is 5.31. The fourth-order valence-electron chi connectivity index (χ4n) is 3.58. The lowest BCUT2D eigenvalue weighted by Crippen LogP contribution is -2.09. The van der Waals surface area contributed by atoms with E-state index in [0.717, 1.165) is 20.1 Å². The van der Waals surface area contributed by atoms with Crippen LogP contribution in [0.15, 0.2) is 116 Å². The van der Waals surface area contributed by atoms with Crippen LogP contribution in [0, 0.1) is 0 Å². The van der Waals surface area contributed by atoms with E-state index >= 15 is 0 Å². The smallest absolute Gasteiger partial charge is 0.124 e. The number of hydrogen-bond acceptors (Lipinski definition) is 4. The first-order valence-electron chi connectivity index (χ1n) is 10.6. The van der Waals surface area contributed by atoms with Gasteiger partial charge in [-0.25, -0.2) is 0 Å². The highest BCUT2D eigenvalue weighted by molar-refractivity contribution is 9.10. The van der Waals surface area contributed by atoms with Gasteiger partial charge in [-0.15, -0.1) is 0 Å². The molecule has 0 aromatic heterocycles. The summed E-state index contributed by atoms with van der Waals surface area (Å²) in [4.78, 5) is 9.81. The molecule has 0 fully saturated rings. The monoisotopic (exact) mass is 576 g/mol. The second kappa shape index (κ2) is 11.3. The molecule has 6 heteroatoms. The fourth-order valence-corrected chi connectivity index (χ4v) is 4.34. The predicted octanol–water partition coefficient (Wildman–Crippen LogP) is 7.64. The van der Waals surface area contributed by atoms with Crippen molar-refractivity contribution >= 4 is 44.3 Å². The lowest BCUT2D eigenvalue weighted by Gasteiger charge is -2.22. The van der Waals surface area contributed by atoms with E-state index < -0.39 is 0 Å². The van der Waals surface area contributed by atoms with Gasteiger partial charge in [-0.2, -0.15) is 0 Å². The van der Waals surface area contributed by atoms with Gasteiger partial charge in [0.15, 0.2) is 0 Å². The highest BCUT2D eigenvalue weighted by Gasteiger charge is 2.23. The van der Waals surface area contributed by atoms with E-state index in [1.807, 2.05) is 72.8 Å². The number of benzene rings is 4. The van der Waals surface area contributed by atoms with E-state index in [4.69, 9.17) is 9.98 Å². The van der Waals surface area contributed by atoms with Crippen LogP contribution in [-0.4, -0.2) is 22.6 Å². The third-order valence-corrected chi connectivity index (χ3v) is 6.30.